The van der Waals surface area contributed by atoms with Gasteiger partial charge in [0.1, 0.15) is 5.15 Å². The summed E-state index contributed by atoms with van der Waals surface area (Å²) in [5, 5.41) is 10.3. The molecule has 0 spiro atoms. The SMILES string of the molecule is CN(C)CC1CC(O)CN1Cc1cccc(Cl)n1. The van der Waals surface area contributed by atoms with Crippen LogP contribution in [-0.4, -0.2) is 59.2 Å². The van der Waals surface area contributed by atoms with Gasteiger partial charge in [-0.3, -0.25) is 4.90 Å². The van der Waals surface area contributed by atoms with Crippen molar-refractivity contribution in [3.63, 3.8) is 0 Å². The fourth-order valence-electron chi connectivity index (χ4n) is 2.51. The van der Waals surface area contributed by atoms with Gasteiger partial charge in [0.15, 0.2) is 0 Å². The van der Waals surface area contributed by atoms with Gasteiger partial charge in [-0.25, -0.2) is 4.98 Å². The molecule has 0 aliphatic carbocycles. The van der Waals surface area contributed by atoms with Crippen molar-refractivity contribution in [3.8, 4) is 0 Å². The highest BCUT2D eigenvalue weighted by Gasteiger charge is 2.31. The highest BCUT2D eigenvalue weighted by molar-refractivity contribution is 6.29. The van der Waals surface area contributed by atoms with Crippen molar-refractivity contribution in [2.75, 3.05) is 27.2 Å². The van der Waals surface area contributed by atoms with E-state index in [0.29, 0.717) is 17.7 Å². The first-order valence-corrected chi connectivity index (χ1v) is 6.60. The number of nitrogens with zero attached hydrogens (tertiary/aromatic N) is 3. The molecule has 0 saturated carbocycles. The largest absolute Gasteiger partial charge is 0.392 e. The van der Waals surface area contributed by atoms with Crippen LogP contribution >= 0.6 is 11.6 Å². The molecule has 2 unspecified atom stereocenters. The quantitative estimate of drug-likeness (QED) is 0.835. The van der Waals surface area contributed by atoms with Gasteiger partial charge in [0.2, 0.25) is 0 Å². The van der Waals surface area contributed by atoms with Gasteiger partial charge >= 0.3 is 0 Å². The summed E-state index contributed by atoms with van der Waals surface area (Å²) < 4.78 is 0. The molecule has 1 aromatic heterocycles. The lowest BCUT2D eigenvalue weighted by Crippen LogP contribution is -2.37. The Morgan fingerprint density at radius 2 is 2.28 bits per heavy atom. The van der Waals surface area contributed by atoms with Crippen LogP contribution in [0.2, 0.25) is 5.15 Å². The maximum Gasteiger partial charge on any atom is 0.129 e. The molecule has 1 aliphatic rings. The molecule has 1 N–H and O–H groups in total. The lowest BCUT2D eigenvalue weighted by atomic mass is 10.2. The van der Waals surface area contributed by atoms with Crippen molar-refractivity contribution in [3.05, 3.63) is 29.0 Å². The average molecular weight is 270 g/mol. The van der Waals surface area contributed by atoms with Gasteiger partial charge in [-0.05, 0) is 32.6 Å². The fourth-order valence-corrected chi connectivity index (χ4v) is 2.69. The number of halogens is 1. The van der Waals surface area contributed by atoms with E-state index in [1.165, 1.54) is 0 Å². The van der Waals surface area contributed by atoms with Crippen molar-refractivity contribution < 1.29 is 5.11 Å². The molecule has 2 atom stereocenters. The predicted octanol–water partition coefficient (Wildman–Crippen LogP) is 1.23. The van der Waals surface area contributed by atoms with Crippen LogP contribution < -0.4 is 0 Å². The second-order valence-electron chi connectivity index (χ2n) is 5.19. The smallest absolute Gasteiger partial charge is 0.129 e. The summed E-state index contributed by atoms with van der Waals surface area (Å²) in [5.41, 5.74) is 0.959. The topological polar surface area (TPSA) is 39.6 Å². The van der Waals surface area contributed by atoms with E-state index in [4.69, 9.17) is 11.6 Å². The number of likely N-dealkylation sites (tertiary alicyclic amines) is 1. The number of hydrogen-bond acceptors (Lipinski definition) is 4. The number of hydrogen-bond donors (Lipinski definition) is 1. The highest BCUT2D eigenvalue weighted by atomic mass is 35.5. The number of pyridine rings is 1. The van der Waals surface area contributed by atoms with E-state index in [9.17, 15) is 5.11 Å². The molecule has 5 heteroatoms. The molecule has 0 amide bonds. The highest BCUT2D eigenvalue weighted by Crippen LogP contribution is 2.21. The summed E-state index contributed by atoms with van der Waals surface area (Å²) in [5.74, 6) is 0. The Bertz CT molecular complexity index is 400. The molecule has 2 rings (SSSR count). The first kappa shape index (κ1) is 13.7. The number of aliphatic hydroxyl groups is 1. The molecule has 4 nitrogen and oxygen atoms in total. The summed E-state index contributed by atoms with van der Waals surface area (Å²) in [6.45, 7) is 2.42. The molecule has 1 aliphatic heterocycles. The first-order valence-electron chi connectivity index (χ1n) is 6.23. The standard InChI is InChI=1S/C13H20ClN3O/c1-16(2)8-11-6-12(18)9-17(11)7-10-4-3-5-13(14)15-10/h3-5,11-12,18H,6-9H2,1-2H3. The third-order valence-corrected chi connectivity index (χ3v) is 3.43. The van der Waals surface area contributed by atoms with E-state index in [-0.39, 0.29) is 6.10 Å². The summed E-state index contributed by atoms with van der Waals surface area (Å²) in [7, 11) is 4.11. The normalized spacial score (nSPS) is 24.9. The summed E-state index contributed by atoms with van der Waals surface area (Å²) in [6.07, 6.45) is 0.604. The Morgan fingerprint density at radius 3 is 2.94 bits per heavy atom. The maximum absolute atomic E-state index is 9.81. The second-order valence-corrected chi connectivity index (χ2v) is 5.57. The third-order valence-electron chi connectivity index (χ3n) is 3.22. The zero-order valence-corrected chi connectivity index (χ0v) is 11.6. The molecule has 0 bridgehead atoms. The molecule has 2 heterocycles. The van der Waals surface area contributed by atoms with Crippen LogP contribution in [0.5, 0.6) is 0 Å². The average Bonchev–Trinajstić information content (AvgIpc) is 2.58. The van der Waals surface area contributed by atoms with Crippen molar-refractivity contribution in [2.45, 2.75) is 25.1 Å². The number of β-amino-alcohol motifs (C(OH)–C–C–N with tert-alkyl or cyclic N) is 1. The van der Waals surface area contributed by atoms with Crippen LogP contribution in [0.25, 0.3) is 0 Å². The monoisotopic (exact) mass is 269 g/mol. The molecule has 1 aromatic rings. The minimum Gasteiger partial charge on any atom is -0.392 e. The maximum atomic E-state index is 9.81. The van der Waals surface area contributed by atoms with Gasteiger partial charge in [-0.2, -0.15) is 0 Å². The van der Waals surface area contributed by atoms with E-state index in [1.807, 2.05) is 12.1 Å². The van der Waals surface area contributed by atoms with Gasteiger partial charge in [0.05, 0.1) is 11.8 Å². The zero-order chi connectivity index (χ0) is 13.1. The Morgan fingerprint density at radius 1 is 1.50 bits per heavy atom. The molecular formula is C13H20ClN3O. The van der Waals surface area contributed by atoms with Crippen LogP contribution in [0.3, 0.4) is 0 Å². The van der Waals surface area contributed by atoms with Gasteiger partial charge < -0.3 is 10.0 Å². The number of aromatic nitrogens is 1. The first-order chi connectivity index (χ1) is 8.54. The van der Waals surface area contributed by atoms with Crippen LogP contribution in [0.4, 0.5) is 0 Å². The van der Waals surface area contributed by atoms with E-state index in [0.717, 1.165) is 25.2 Å². The Labute approximate surface area is 113 Å². The zero-order valence-electron chi connectivity index (χ0n) is 10.9. The van der Waals surface area contributed by atoms with Gasteiger partial charge in [0, 0.05) is 25.7 Å². The van der Waals surface area contributed by atoms with Crippen molar-refractivity contribution in [2.24, 2.45) is 0 Å². The van der Waals surface area contributed by atoms with Crippen molar-refractivity contribution >= 4 is 11.6 Å². The molecule has 1 saturated heterocycles. The molecule has 0 aromatic carbocycles. The van der Waals surface area contributed by atoms with Crippen LogP contribution in [0.15, 0.2) is 18.2 Å². The summed E-state index contributed by atoms with van der Waals surface area (Å²) >= 11 is 5.89. The minimum atomic E-state index is -0.228. The number of likely N-dealkylation sites (N-methyl/N-ethyl adjacent to an activating group) is 1. The molecule has 1 fully saturated rings. The fraction of sp³-hybridized carbons (Fsp3) is 0.615. The Balaban J connectivity index is 2.02. The lowest BCUT2D eigenvalue weighted by molar-refractivity contribution is 0.168. The number of rotatable bonds is 4. The van der Waals surface area contributed by atoms with Gasteiger partial charge in [-0.1, -0.05) is 17.7 Å². The Kier molecular flexibility index (Phi) is 4.56. The summed E-state index contributed by atoms with van der Waals surface area (Å²) in [6, 6.07) is 6.05. The van der Waals surface area contributed by atoms with E-state index in [1.54, 1.807) is 6.07 Å². The van der Waals surface area contributed by atoms with E-state index >= 15 is 0 Å². The number of aliphatic hydroxyl groups excluding tert-OH is 1. The van der Waals surface area contributed by atoms with Crippen LogP contribution in [0, 0.1) is 0 Å². The molecule has 0 radical (unpaired) electrons. The molecular weight excluding hydrogens is 250 g/mol. The van der Waals surface area contributed by atoms with Gasteiger partial charge in [0.25, 0.3) is 0 Å². The van der Waals surface area contributed by atoms with Gasteiger partial charge in [-0.15, -0.1) is 0 Å². The third kappa shape index (κ3) is 3.65. The van der Waals surface area contributed by atoms with Crippen LogP contribution in [-0.2, 0) is 6.54 Å². The van der Waals surface area contributed by atoms with E-state index < -0.39 is 0 Å². The van der Waals surface area contributed by atoms with Crippen LogP contribution in [0.1, 0.15) is 12.1 Å². The predicted molar refractivity (Wildman–Crippen MR) is 72.6 cm³/mol. The van der Waals surface area contributed by atoms with E-state index in [2.05, 4.69) is 28.9 Å². The lowest BCUT2D eigenvalue weighted by Gasteiger charge is -2.26. The van der Waals surface area contributed by atoms with Crippen molar-refractivity contribution in [1.29, 1.82) is 0 Å². The minimum absolute atomic E-state index is 0.228. The summed E-state index contributed by atoms with van der Waals surface area (Å²) in [4.78, 5) is 8.74. The molecule has 100 valence electrons. The Hall–Kier alpha value is -0.680. The second kappa shape index (κ2) is 5.97. The van der Waals surface area contributed by atoms with Crippen molar-refractivity contribution in [1.82, 2.24) is 14.8 Å². The molecule has 18 heavy (non-hydrogen) atoms.